The lowest BCUT2D eigenvalue weighted by atomic mass is 10.1. The Morgan fingerprint density at radius 1 is 1.56 bits per heavy atom. The summed E-state index contributed by atoms with van der Waals surface area (Å²) in [5, 5.41) is 8.59. The molecular formula is C11H19N3OS. The summed E-state index contributed by atoms with van der Waals surface area (Å²) in [5.41, 5.74) is 0.965. The van der Waals surface area contributed by atoms with Gasteiger partial charge < -0.3 is 10.6 Å². The Morgan fingerprint density at radius 3 is 2.81 bits per heavy atom. The molecule has 2 unspecified atom stereocenters. The van der Waals surface area contributed by atoms with Crippen LogP contribution in [0.25, 0.3) is 0 Å². The van der Waals surface area contributed by atoms with Gasteiger partial charge in [-0.05, 0) is 20.4 Å². The van der Waals surface area contributed by atoms with Crippen LogP contribution in [0.15, 0.2) is 5.38 Å². The second kappa shape index (κ2) is 5.96. The molecule has 0 spiro atoms. The summed E-state index contributed by atoms with van der Waals surface area (Å²) in [6.45, 7) is 5.95. The number of amides is 1. The Labute approximate surface area is 100 Å². The van der Waals surface area contributed by atoms with Crippen LogP contribution in [0.4, 0.5) is 5.13 Å². The van der Waals surface area contributed by atoms with Crippen molar-refractivity contribution in [1.82, 2.24) is 10.3 Å². The van der Waals surface area contributed by atoms with Crippen molar-refractivity contribution in [3.05, 3.63) is 11.1 Å². The van der Waals surface area contributed by atoms with Gasteiger partial charge in [-0.15, -0.1) is 11.3 Å². The van der Waals surface area contributed by atoms with E-state index >= 15 is 0 Å². The molecule has 0 aliphatic rings. The van der Waals surface area contributed by atoms with Crippen molar-refractivity contribution in [3.63, 3.8) is 0 Å². The Bertz CT molecular complexity index is 351. The molecule has 0 aromatic carbocycles. The van der Waals surface area contributed by atoms with Crippen LogP contribution in [0.1, 0.15) is 38.9 Å². The molecular weight excluding hydrogens is 222 g/mol. The van der Waals surface area contributed by atoms with Crippen molar-refractivity contribution in [3.8, 4) is 0 Å². The number of nitrogens with one attached hydrogen (secondary N) is 2. The maximum Gasteiger partial charge on any atom is 0.228 e. The molecule has 0 bridgehead atoms. The topological polar surface area (TPSA) is 54.0 Å². The number of anilines is 1. The summed E-state index contributed by atoms with van der Waals surface area (Å²) < 4.78 is 0. The number of rotatable bonds is 5. The van der Waals surface area contributed by atoms with E-state index in [0.29, 0.717) is 5.13 Å². The van der Waals surface area contributed by atoms with Crippen molar-refractivity contribution < 1.29 is 4.79 Å². The number of nitrogens with zero attached hydrogens (tertiary/aromatic N) is 1. The quantitative estimate of drug-likeness (QED) is 0.832. The van der Waals surface area contributed by atoms with E-state index in [1.54, 1.807) is 0 Å². The average Bonchev–Trinajstić information content (AvgIpc) is 2.75. The normalized spacial score (nSPS) is 14.5. The van der Waals surface area contributed by atoms with Gasteiger partial charge in [-0.3, -0.25) is 4.79 Å². The highest BCUT2D eigenvalue weighted by molar-refractivity contribution is 7.13. The maximum absolute atomic E-state index is 11.6. The molecule has 5 heteroatoms. The lowest BCUT2D eigenvalue weighted by Crippen LogP contribution is -2.19. The van der Waals surface area contributed by atoms with E-state index in [9.17, 15) is 4.79 Å². The first kappa shape index (κ1) is 13.1. The number of hydrogen-bond donors (Lipinski definition) is 2. The van der Waals surface area contributed by atoms with Gasteiger partial charge in [0.25, 0.3) is 0 Å². The lowest BCUT2D eigenvalue weighted by molar-refractivity contribution is -0.119. The molecule has 0 fully saturated rings. The Hall–Kier alpha value is -0.940. The molecule has 1 rings (SSSR count). The highest BCUT2D eigenvalue weighted by Crippen LogP contribution is 2.20. The second-order valence-electron chi connectivity index (χ2n) is 3.89. The van der Waals surface area contributed by atoms with E-state index in [4.69, 9.17) is 0 Å². The molecule has 0 aliphatic carbocycles. The largest absolute Gasteiger partial charge is 0.312 e. The van der Waals surface area contributed by atoms with Gasteiger partial charge >= 0.3 is 0 Å². The monoisotopic (exact) mass is 241 g/mol. The third-order valence-corrected chi connectivity index (χ3v) is 3.46. The fraction of sp³-hybridized carbons (Fsp3) is 0.636. The number of hydrogen-bond acceptors (Lipinski definition) is 4. The summed E-state index contributed by atoms with van der Waals surface area (Å²) in [7, 11) is 1.89. The second-order valence-corrected chi connectivity index (χ2v) is 4.74. The predicted octanol–water partition coefficient (Wildman–Crippen LogP) is 2.41. The van der Waals surface area contributed by atoms with Crippen LogP contribution in [0.5, 0.6) is 0 Å². The smallest absolute Gasteiger partial charge is 0.228 e. The fourth-order valence-corrected chi connectivity index (χ4v) is 1.91. The zero-order valence-electron chi connectivity index (χ0n) is 10.2. The number of carbonyl (C=O) groups excluding carboxylic acids is 1. The molecule has 0 saturated heterocycles. The molecule has 1 heterocycles. The summed E-state index contributed by atoms with van der Waals surface area (Å²) in [4.78, 5) is 16.0. The third-order valence-electron chi connectivity index (χ3n) is 2.69. The molecule has 2 N–H and O–H groups in total. The zero-order valence-corrected chi connectivity index (χ0v) is 11.0. The Kier molecular flexibility index (Phi) is 4.89. The van der Waals surface area contributed by atoms with E-state index < -0.39 is 0 Å². The molecule has 1 amide bonds. The minimum atomic E-state index is 0.0362. The van der Waals surface area contributed by atoms with E-state index in [1.165, 1.54) is 11.3 Å². The summed E-state index contributed by atoms with van der Waals surface area (Å²) >= 11 is 1.47. The van der Waals surface area contributed by atoms with E-state index in [-0.39, 0.29) is 17.9 Å². The molecule has 2 atom stereocenters. The summed E-state index contributed by atoms with van der Waals surface area (Å²) in [6, 6.07) is 0.213. The number of carbonyl (C=O) groups is 1. The predicted molar refractivity (Wildman–Crippen MR) is 67.7 cm³/mol. The number of aromatic nitrogens is 1. The first-order valence-electron chi connectivity index (χ1n) is 5.52. The minimum Gasteiger partial charge on any atom is -0.312 e. The van der Waals surface area contributed by atoms with Crippen LogP contribution >= 0.6 is 11.3 Å². The van der Waals surface area contributed by atoms with Gasteiger partial charge in [0.05, 0.1) is 5.69 Å². The Morgan fingerprint density at radius 2 is 2.25 bits per heavy atom. The first-order valence-corrected chi connectivity index (χ1v) is 6.40. The van der Waals surface area contributed by atoms with Crippen molar-refractivity contribution in [2.45, 2.75) is 33.2 Å². The molecule has 0 aliphatic heterocycles. The van der Waals surface area contributed by atoms with Crippen LogP contribution in [0, 0.1) is 5.92 Å². The van der Waals surface area contributed by atoms with Crippen molar-refractivity contribution >= 4 is 22.4 Å². The molecule has 0 radical (unpaired) electrons. The molecule has 0 saturated carbocycles. The highest BCUT2D eigenvalue weighted by atomic mass is 32.1. The standard InChI is InChI=1S/C11H19N3OS/c1-5-7(2)10(15)14-11-13-9(6-16-11)8(3)12-4/h6-8,12H,5H2,1-4H3,(H,13,14,15). The SMILES string of the molecule is CCC(C)C(=O)Nc1nc(C(C)NC)cs1. The minimum absolute atomic E-state index is 0.0362. The van der Waals surface area contributed by atoms with Gasteiger partial charge in [-0.1, -0.05) is 13.8 Å². The van der Waals surface area contributed by atoms with Gasteiger partial charge in [-0.25, -0.2) is 4.98 Å². The van der Waals surface area contributed by atoms with Crippen LogP contribution in [-0.4, -0.2) is 17.9 Å². The first-order chi connectivity index (χ1) is 7.58. The molecule has 1 aromatic heterocycles. The van der Waals surface area contributed by atoms with Gasteiger partial charge in [0.15, 0.2) is 5.13 Å². The van der Waals surface area contributed by atoms with Crippen molar-refractivity contribution in [1.29, 1.82) is 0 Å². The van der Waals surface area contributed by atoms with Gasteiger partial charge in [0, 0.05) is 17.3 Å². The van der Waals surface area contributed by atoms with Crippen LogP contribution < -0.4 is 10.6 Å². The summed E-state index contributed by atoms with van der Waals surface area (Å²) in [5.74, 6) is 0.0783. The number of thiazole rings is 1. The van der Waals surface area contributed by atoms with E-state index in [2.05, 4.69) is 15.6 Å². The van der Waals surface area contributed by atoms with Crippen LogP contribution in [-0.2, 0) is 4.79 Å². The average molecular weight is 241 g/mol. The maximum atomic E-state index is 11.6. The third kappa shape index (κ3) is 3.28. The Balaban J connectivity index is 2.62. The molecule has 16 heavy (non-hydrogen) atoms. The van der Waals surface area contributed by atoms with Gasteiger partial charge in [0.1, 0.15) is 0 Å². The highest BCUT2D eigenvalue weighted by Gasteiger charge is 2.13. The van der Waals surface area contributed by atoms with E-state index in [1.807, 2.05) is 33.2 Å². The van der Waals surface area contributed by atoms with Crippen molar-refractivity contribution in [2.24, 2.45) is 5.92 Å². The summed E-state index contributed by atoms with van der Waals surface area (Å²) in [6.07, 6.45) is 0.844. The van der Waals surface area contributed by atoms with Crippen LogP contribution in [0.2, 0.25) is 0 Å². The zero-order chi connectivity index (χ0) is 12.1. The van der Waals surface area contributed by atoms with Crippen molar-refractivity contribution in [2.75, 3.05) is 12.4 Å². The fourth-order valence-electron chi connectivity index (χ4n) is 1.10. The van der Waals surface area contributed by atoms with Crippen LogP contribution in [0.3, 0.4) is 0 Å². The van der Waals surface area contributed by atoms with E-state index in [0.717, 1.165) is 12.1 Å². The molecule has 90 valence electrons. The molecule has 4 nitrogen and oxygen atoms in total. The van der Waals surface area contributed by atoms with Gasteiger partial charge in [0.2, 0.25) is 5.91 Å². The van der Waals surface area contributed by atoms with Gasteiger partial charge in [-0.2, -0.15) is 0 Å². The lowest BCUT2D eigenvalue weighted by Gasteiger charge is -2.07. The molecule has 1 aromatic rings.